The first kappa shape index (κ1) is 17.9. The van der Waals surface area contributed by atoms with Crippen molar-refractivity contribution in [3.05, 3.63) is 29.3 Å². The second kappa shape index (κ2) is 6.77. The molecule has 1 fully saturated rings. The van der Waals surface area contributed by atoms with Crippen molar-refractivity contribution in [2.24, 2.45) is 0 Å². The molecule has 1 atom stereocenters. The van der Waals surface area contributed by atoms with Gasteiger partial charge in [-0.1, -0.05) is 6.07 Å². The van der Waals surface area contributed by atoms with Crippen molar-refractivity contribution in [3.63, 3.8) is 0 Å². The topological polar surface area (TPSA) is 66.5 Å². The highest BCUT2D eigenvalue weighted by Gasteiger charge is 2.25. The molecule has 1 aliphatic rings. The van der Waals surface area contributed by atoms with Gasteiger partial charge in [0.2, 0.25) is 0 Å². The molecule has 0 unspecified atom stereocenters. The quantitative estimate of drug-likeness (QED) is 0.885. The summed E-state index contributed by atoms with van der Waals surface area (Å²) >= 11 is 0. The first-order valence-corrected chi connectivity index (χ1v) is 8.52. The molecule has 0 saturated carbocycles. The Labute approximate surface area is 132 Å². The van der Waals surface area contributed by atoms with E-state index in [2.05, 4.69) is 5.32 Å². The molecule has 1 aromatic carbocycles. The maximum Gasteiger partial charge on any atom is 0.254 e. The summed E-state index contributed by atoms with van der Waals surface area (Å²) in [6, 6.07) is 4.83. The van der Waals surface area contributed by atoms with Gasteiger partial charge in [-0.15, -0.1) is 12.4 Å². The second-order valence-corrected chi connectivity index (χ2v) is 7.32. The van der Waals surface area contributed by atoms with Crippen molar-refractivity contribution in [2.75, 3.05) is 25.9 Å². The van der Waals surface area contributed by atoms with Crippen molar-refractivity contribution in [2.45, 2.75) is 24.8 Å². The minimum Gasteiger partial charge on any atom is -0.333 e. The molecule has 1 heterocycles. The molecule has 0 spiro atoms. The minimum atomic E-state index is -3.30. The average molecular weight is 333 g/mol. The molecule has 5 nitrogen and oxygen atoms in total. The monoisotopic (exact) mass is 332 g/mol. The molecule has 0 aliphatic carbocycles. The minimum absolute atomic E-state index is 0. The summed E-state index contributed by atoms with van der Waals surface area (Å²) in [6.07, 6.45) is 1.15. The zero-order valence-corrected chi connectivity index (χ0v) is 14.1. The van der Waals surface area contributed by atoms with Gasteiger partial charge in [0.1, 0.15) is 0 Å². The van der Waals surface area contributed by atoms with Crippen LogP contribution in [0.5, 0.6) is 0 Å². The van der Waals surface area contributed by atoms with Crippen LogP contribution in [0.4, 0.5) is 0 Å². The first-order chi connectivity index (χ1) is 9.30. The lowest BCUT2D eigenvalue weighted by atomic mass is 10.1. The molecule has 0 bridgehead atoms. The summed E-state index contributed by atoms with van der Waals surface area (Å²) in [4.78, 5) is 14.6. The fraction of sp³-hybridized carbons (Fsp3) is 0.500. The van der Waals surface area contributed by atoms with Crippen molar-refractivity contribution in [1.29, 1.82) is 0 Å². The van der Waals surface area contributed by atoms with Gasteiger partial charge in [0.25, 0.3) is 5.91 Å². The van der Waals surface area contributed by atoms with Crippen LogP contribution in [0, 0.1) is 6.92 Å². The highest BCUT2D eigenvalue weighted by molar-refractivity contribution is 7.90. The number of halogens is 1. The summed E-state index contributed by atoms with van der Waals surface area (Å²) in [6.45, 7) is 5.98. The molecule has 1 saturated heterocycles. The van der Waals surface area contributed by atoms with Crippen LogP contribution in [-0.4, -0.2) is 51.2 Å². The molecule has 1 aliphatic heterocycles. The summed E-state index contributed by atoms with van der Waals surface area (Å²) in [5.41, 5.74) is 1.27. The summed E-state index contributed by atoms with van der Waals surface area (Å²) < 4.78 is 23.2. The van der Waals surface area contributed by atoms with E-state index in [1.807, 2.05) is 13.8 Å². The number of sulfone groups is 1. The third-order valence-corrected chi connectivity index (χ3v) is 4.74. The number of nitrogens with one attached hydrogen (secondary N) is 1. The zero-order chi connectivity index (χ0) is 14.9. The van der Waals surface area contributed by atoms with Crippen molar-refractivity contribution >= 4 is 28.2 Å². The van der Waals surface area contributed by atoms with E-state index in [9.17, 15) is 13.2 Å². The van der Waals surface area contributed by atoms with Crippen LogP contribution >= 0.6 is 12.4 Å². The highest BCUT2D eigenvalue weighted by Crippen LogP contribution is 2.19. The number of aryl methyl sites for hydroxylation is 1. The molecule has 1 amide bonds. The van der Waals surface area contributed by atoms with Gasteiger partial charge >= 0.3 is 0 Å². The molecular weight excluding hydrogens is 312 g/mol. The normalized spacial score (nSPS) is 19.0. The van der Waals surface area contributed by atoms with Crippen LogP contribution in [0.25, 0.3) is 0 Å². The van der Waals surface area contributed by atoms with Crippen molar-refractivity contribution in [3.8, 4) is 0 Å². The number of amides is 1. The van der Waals surface area contributed by atoms with Gasteiger partial charge in [-0.05, 0) is 31.5 Å². The Hall–Kier alpha value is -1.11. The predicted octanol–water partition coefficient (Wildman–Crippen LogP) is 1.25. The van der Waals surface area contributed by atoms with E-state index >= 15 is 0 Å². The van der Waals surface area contributed by atoms with E-state index in [0.29, 0.717) is 12.1 Å². The van der Waals surface area contributed by atoms with Crippen LogP contribution in [0.15, 0.2) is 23.1 Å². The standard InChI is InChI=1S/C14H20N2O3S.ClH/c1-10-4-5-12(20(3,18)19)8-13(10)14(17)16-7-6-15-9-11(16)2;/h4-5,8,11,15H,6-7,9H2,1-3H3;1H/t11-;/m1./s1. The Morgan fingerprint density at radius 3 is 2.62 bits per heavy atom. The Morgan fingerprint density at radius 1 is 1.38 bits per heavy atom. The summed E-state index contributed by atoms with van der Waals surface area (Å²) in [5.74, 6) is -0.0954. The van der Waals surface area contributed by atoms with Gasteiger partial charge in [0.15, 0.2) is 9.84 Å². The molecule has 21 heavy (non-hydrogen) atoms. The Bertz CT molecular complexity index is 631. The maximum absolute atomic E-state index is 12.6. The molecule has 0 radical (unpaired) electrons. The number of benzene rings is 1. The van der Waals surface area contributed by atoms with Crippen LogP contribution in [0.2, 0.25) is 0 Å². The first-order valence-electron chi connectivity index (χ1n) is 6.63. The fourth-order valence-electron chi connectivity index (χ4n) is 2.36. The zero-order valence-electron chi connectivity index (χ0n) is 12.4. The van der Waals surface area contributed by atoms with Gasteiger partial charge in [-0.25, -0.2) is 8.42 Å². The van der Waals surface area contributed by atoms with Crippen LogP contribution in [-0.2, 0) is 9.84 Å². The molecule has 118 valence electrons. The lowest BCUT2D eigenvalue weighted by molar-refractivity contribution is 0.0654. The number of hydrogen-bond acceptors (Lipinski definition) is 4. The Kier molecular flexibility index (Phi) is 5.78. The third kappa shape index (κ3) is 3.96. The van der Waals surface area contributed by atoms with Crippen LogP contribution in [0.3, 0.4) is 0 Å². The second-order valence-electron chi connectivity index (χ2n) is 5.30. The van der Waals surface area contributed by atoms with Crippen molar-refractivity contribution < 1.29 is 13.2 Å². The SMILES string of the molecule is Cc1ccc(S(C)(=O)=O)cc1C(=O)N1CCNC[C@H]1C.Cl. The maximum atomic E-state index is 12.6. The van der Waals surface area contributed by atoms with Gasteiger partial charge in [0.05, 0.1) is 4.90 Å². The lowest BCUT2D eigenvalue weighted by Crippen LogP contribution is -2.52. The van der Waals surface area contributed by atoms with E-state index < -0.39 is 9.84 Å². The Balaban J connectivity index is 0.00000220. The molecule has 0 aromatic heterocycles. The molecule has 1 aromatic rings. The van der Waals surface area contributed by atoms with Gasteiger partial charge in [-0.2, -0.15) is 0 Å². The number of carbonyl (C=O) groups is 1. The number of piperazine rings is 1. The smallest absolute Gasteiger partial charge is 0.254 e. The predicted molar refractivity (Wildman–Crippen MR) is 84.9 cm³/mol. The van der Waals surface area contributed by atoms with Crippen molar-refractivity contribution in [1.82, 2.24) is 10.2 Å². The average Bonchev–Trinajstić information content (AvgIpc) is 2.37. The van der Waals surface area contributed by atoms with E-state index in [0.717, 1.165) is 24.9 Å². The van der Waals surface area contributed by atoms with E-state index in [1.54, 1.807) is 17.0 Å². The largest absolute Gasteiger partial charge is 0.333 e. The van der Waals surface area contributed by atoms with Gasteiger partial charge in [-0.3, -0.25) is 4.79 Å². The summed E-state index contributed by atoms with van der Waals surface area (Å²) in [7, 11) is -3.30. The molecule has 1 N–H and O–H groups in total. The number of carbonyl (C=O) groups excluding carboxylic acids is 1. The number of nitrogens with zero attached hydrogens (tertiary/aromatic N) is 1. The molecule has 7 heteroatoms. The molecule has 2 rings (SSSR count). The van der Waals surface area contributed by atoms with Crippen LogP contribution < -0.4 is 5.32 Å². The van der Waals surface area contributed by atoms with Gasteiger partial charge in [0, 0.05) is 37.5 Å². The van der Waals surface area contributed by atoms with E-state index in [-0.39, 0.29) is 29.3 Å². The van der Waals surface area contributed by atoms with E-state index in [1.165, 1.54) is 6.07 Å². The highest BCUT2D eigenvalue weighted by atomic mass is 35.5. The lowest BCUT2D eigenvalue weighted by Gasteiger charge is -2.34. The van der Waals surface area contributed by atoms with Crippen LogP contribution in [0.1, 0.15) is 22.8 Å². The Morgan fingerprint density at radius 2 is 2.05 bits per heavy atom. The fourth-order valence-corrected chi connectivity index (χ4v) is 3.01. The van der Waals surface area contributed by atoms with Gasteiger partial charge < -0.3 is 10.2 Å². The number of hydrogen-bond donors (Lipinski definition) is 1. The molecular formula is C14H21ClN2O3S. The third-order valence-electron chi connectivity index (χ3n) is 3.63. The number of rotatable bonds is 2. The summed E-state index contributed by atoms with van der Waals surface area (Å²) in [5, 5.41) is 3.23. The van der Waals surface area contributed by atoms with E-state index in [4.69, 9.17) is 0 Å².